The Hall–Kier alpha value is -3.92. The Morgan fingerprint density at radius 3 is 2.67 bits per heavy atom. The minimum absolute atomic E-state index is 0.0100. The molecule has 7 heterocycles. The summed E-state index contributed by atoms with van der Waals surface area (Å²) in [6, 6.07) is -0.548. The van der Waals surface area contributed by atoms with Gasteiger partial charge in [0.1, 0.15) is 40.8 Å². The molecule has 2 bridgehead atoms. The topological polar surface area (TPSA) is 102 Å². The van der Waals surface area contributed by atoms with Crippen molar-refractivity contribution < 1.29 is 40.2 Å². The van der Waals surface area contributed by atoms with Gasteiger partial charge in [-0.05, 0) is 63.6 Å². The van der Waals surface area contributed by atoms with Crippen molar-refractivity contribution in [2.24, 2.45) is 0 Å². The van der Waals surface area contributed by atoms with Crippen molar-refractivity contribution in [3.63, 3.8) is 0 Å². The number of piperazine rings is 1. The molecule has 0 saturated carbocycles. The maximum absolute atomic E-state index is 16.8. The van der Waals surface area contributed by atoms with Gasteiger partial charge in [-0.25, -0.2) is 22.5 Å². The average molecular weight is 680 g/mol. The van der Waals surface area contributed by atoms with E-state index in [0.29, 0.717) is 31.4 Å². The van der Waals surface area contributed by atoms with Crippen LogP contribution in [0.4, 0.5) is 42.2 Å². The van der Waals surface area contributed by atoms with E-state index in [1.54, 1.807) is 6.92 Å². The van der Waals surface area contributed by atoms with Gasteiger partial charge >= 0.3 is 12.2 Å². The Labute approximate surface area is 270 Å². The smallest absolute Gasteiger partial charge is 0.417 e. The second-order valence-electron chi connectivity index (χ2n) is 13.5. The second kappa shape index (κ2) is 10.8. The molecule has 1 aromatic carbocycles. The molecule has 5 aliphatic heterocycles. The highest BCUT2D eigenvalue weighted by atomic mass is 19.4. The van der Waals surface area contributed by atoms with Crippen molar-refractivity contribution in [3.05, 3.63) is 40.5 Å². The molecule has 5 atom stereocenters. The summed E-state index contributed by atoms with van der Waals surface area (Å²) >= 11 is 0. The van der Waals surface area contributed by atoms with Gasteiger partial charge in [-0.15, -0.1) is 0 Å². The molecule has 0 radical (unpaired) electrons. The van der Waals surface area contributed by atoms with Gasteiger partial charge in [0.05, 0.1) is 29.0 Å². The minimum atomic E-state index is -5.31. The molecule has 9 nitrogen and oxygen atoms in total. The molecule has 0 aliphatic carbocycles. The molecular formula is C32H32F7N7O2. The third-order valence-corrected chi connectivity index (χ3v) is 10.7. The lowest BCUT2D eigenvalue weighted by atomic mass is 9.94. The van der Waals surface area contributed by atoms with Crippen LogP contribution in [-0.4, -0.2) is 75.9 Å². The zero-order valence-electron chi connectivity index (χ0n) is 26.0. The number of aromatic nitrogens is 3. The molecule has 8 rings (SSSR count). The monoisotopic (exact) mass is 679 g/mol. The number of hydrogen-bond donors (Lipinski definition) is 2. The molecule has 5 aliphatic rings. The van der Waals surface area contributed by atoms with E-state index < -0.39 is 68.9 Å². The molecule has 0 spiro atoms. The Balaban J connectivity index is 1.34. The summed E-state index contributed by atoms with van der Waals surface area (Å²) in [5.74, 6) is -4.91. The number of ether oxygens (including phenoxy) is 2. The van der Waals surface area contributed by atoms with Gasteiger partial charge in [-0.2, -0.15) is 23.1 Å². The molecular weight excluding hydrogens is 647 g/mol. The first kappa shape index (κ1) is 31.4. The summed E-state index contributed by atoms with van der Waals surface area (Å²) in [6.45, 7) is 4.25. The number of nitrogen functional groups attached to an aromatic ring is 1. The molecule has 0 unspecified atom stereocenters. The van der Waals surface area contributed by atoms with Gasteiger partial charge in [0, 0.05) is 25.2 Å². The van der Waals surface area contributed by atoms with Crippen LogP contribution in [0.1, 0.15) is 50.2 Å². The first-order valence-corrected chi connectivity index (χ1v) is 15.9. The summed E-state index contributed by atoms with van der Waals surface area (Å²) < 4.78 is 116. The second-order valence-corrected chi connectivity index (χ2v) is 13.5. The van der Waals surface area contributed by atoms with Gasteiger partial charge in [-0.1, -0.05) is 0 Å². The predicted molar refractivity (Wildman–Crippen MR) is 161 cm³/mol. The Morgan fingerprint density at radius 1 is 1.12 bits per heavy atom. The van der Waals surface area contributed by atoms with Gasteiger partial charge in [-0.3, -0.25) is 4.90 Å². The van der Waals surface area contributed by atoms with Crippen molar-refractivity contribution in [3.8, 4) is 23.1 Å². The molecule has 16 heteroatoms. The normalized spacial score (nSPS) is 28.9. The van der Waals surface area contributed by atoms with Crippen molar-refractivity contribution in [1.29, 1.82) is 0 Å². The third-order valence-electron chi connectivity index (χ3n) is 10.7. The number of alkyl halides is 3. The number of hydrogen-bond acceptors (Lipinski definition) is 9. The van der Waals surface area contributed by atoms with Crippen LogP contribution in [0.5, 0.6) is 11.9 Å². The molecule has 0 amide bonds. The number of nitrogens with zero attached hydrogens (tertiary/aromatic N) is 5. The number of benzene rings is 1. The highest BCUT2D eigenvalue weighted by Gasteiger charge is 2.49. The average Bonchev–Trinajstić information content (AvgIpc) is 3.70. The zero-order valence-corrected chi connectivity index (χ0v) is 26.0. The van der Waals surface area contributed by atoms with Crippen LogP contribution >= 0.6 is 0 Å². The predicted octanol–water partition coefficient (Wildman–Crippen LogP) is 5.58. The van der Waals surface area contributed by atoms with Crippen molar-refractivity contribution in [1.82, 2.24) is 25.2 Å². The zero-order chi connectivity index (χ0) is 33.9. The molecule has 2 aromatic heterocycles. The summed E-state index contributed by atoms with van der Waals surface area (Å²) in [4.78, 5) is 17.3. The Kier molecular flexibility index (Phi) is 7.05. The summed E-state index contributed by atoms with van der Waals surface area (Å²) in [7, 11) is 0. The number of nitrogens with two attached hydrogens (primary N) is 1. The molecule has 256 valence electrons. The van der Waals surface area contributed by atoms with Crippen LogP contribution in [0.2, 0.25) is 0 Å². The fraction of sp³-hybridized carbons (Fsp3) is 0.531. The SMILES string of the molecule is Cc1c(F)c(N)c(F)c(-c2nc3c4c(nc(OC[C@@]56CCCN5C/C(=C\F)C6)nc4c2F)N2C[C@H]4CC[C@H](N4)[C@H]2[C@H](C)O3)c1C(F)(F)F. The maximum atomic E-state index is 16.8. The van der Waals surface area contributed by atoms with Gasteiger partial charge in [0.25, 0.3) is 0 Å². The molecule has 4 fully saturated rings. The number of halogens is 7. The van der Waals surface area contributed by atoms with Crippen LogP contribution in [0.15, 0.2) is 11.9 Å². The van der Waals surface area contributed by atoms with Crippen molar-refractivity contribution in [2.75, 3.05) is 36.9 Å². The molecule has 3 N–H and O–H groups in total. The van der Waals surface area contributed by atoms with E-state index in [9.17, 15) is 22.0 Å². The summed E-state index contributed by atoms with van der Waals surface area (Å²) in [5.41, 5.74) is -1.26. The lowest BCUT2D eigenvalue weighted by Crippen LogP contribution is -2.62. The van der Waals surface area contributed by atoms with E-state index in [2.05, 4.69) is 20.2 Å². The minimum Gasteiger partial charge on any atom is -0.472 e. The molecule has 48 heavy (non-hydrogen) atoms. The lowest BCUT2D eigenvalue weighted by molar-refractivity contribution is -0.137. The van der Waals surface area contributed by atoms with Crippen LogP contribution in [0, 0.1) is 24.4 Å². The van der Waals surface area contributed by atoms with E-state index in [4.69, 9.17) is 20.2 Å². The standard InChI is InChI=1S/C32H32F7N7O2/c1-13-20(32(37,38)39)18(22(35)24(40)21(13)34)25-23(36)26-19-28(46-11-16-4-5-17(41-16)27(46)14(2)48-29(19)42-25)44-30(43-26)47-12-31-6-3-7-45(31)10-15(8-31)9-33/h9,14,16-17,27,41H,3-8,10-12,40H2,1-2H3/b15-9-/t14-,16+,17-,27+,31-/m0/s1. The highest BCUT2D eigenvalue weighted by molar-refractivity contribution is 5.97. The van der Waals surface area contributed by atoms with E-state index in [1.165, 1.54) is 0 Å². The van der Waals surface area contributed by atoms with Crippen LogP contribution in [-0.2, 0) is 6.18 Å². The Morgan fingerprint density at radius 2 is 1.92 bits per heavy atom. The van der Waals surface area contributed by atoms with Gasteiger partial charge in [0.2, 0.25) is 5.88 Å². The number of rotatable bonds is 4. The van der Waals surface area contributed by atoms with E-state index >= 15 is 8.78 Å². The fourth-order valence-electron chi connectivity index (χ4n) is 8.59. The number of fused-ring (bicyclic) bond motifs is 6. The van der Waals surface area contributed by atoms with E-state index in [1.807, 2.05) is 4.90 Å². The highest BCUT2D eigenvalue weighted by Crippen LogP contribution is 2.49. The molecule has 3 aromatic rings. The van der Waals surface area contributed by atoms with Crippen molar-refractivity contribution >= 4 is 22.4 Å². The first-order chi connectivity index (χ1) is 22.8. The number of nitrogens with one attached hydrogen (secondary N) is 1. The maximum Gasteiger partial charge on any atom is 0.417 e. The van der Waals surface area contributed by atoms with E-state index in [0.717, 1.165) is 39.2 Å². The van der Waals surface area contributed by atoms with Crippen molar-refractivity contribution in [2.45, 2.75) is 81.9 Å². The largest absolute Gasteiger partial charge is 0.472 e. The van der Waals surface area contributed by atoms with Gasteiger partial charge in [0.15, 0.2) is 17.5 Å². The molecule has 4 saturated heterocycles. The van der Waals surface area contributed by atoms with E-state index in [-0.39, 0.29) is 47.8 Å². The van der Waals surface area contributed by atoms with Crippen LogP contribution < -0.4 is 25.4 Å². The van der Waals surface area contributed by atoms with Crippen LogP contribution in [0.3, 0.4) is 0 Å². The quantitative estimate of drug-likeness (QED) is 0.271. The summed E-state index contributed by atoms with van der Waals surface area (Å²) in [5, 5.41) is 3.55. The van der Waals surface area contributed by atoms with Crippen LogP contribution in [0.25, 0.3) is 22.2 Å². The number of pyridine rings is 1. The first-order valence-electron chi connectivity index (χ1n) is 15.9. The number of anilines is 2. The lowest BCUT2D eigenvalue weighted by Gasteiger charge is -2.42. The third kappa shape index (κ3) is 4.54. The fourth-order valence-corrected chi connectivity index (χ4v) is 8.59. The summed E-state index contributed by atoms with van der Waals surface area (Å²) in [6.07, 6.45) is -1.62. The Bertz CT molecular complexity index is 1890. The van der Waals surface area contributed by atoms with Gasteiger partial charge < -0.3 is 25.4 Å².